The zero-order chi connectivity index (χ0) is 8.84. The lowest BCUT2D eigenvalue weighted by molar-refractivity contribution is 1.41. The zero-order valence-electron chi connectivity index (χ0n) is 6.86. The molecule has 0 fully saturated rings. The number of hydrogen-bond acceptors (Lipinski definition) is 3. The Morgan fingerprint density at radius 1 is 1.15 bits per heavy atom. The van der Waals surface area contributed by atoms with Gasteiger partial charge in [0.25, 0.3) is 0 Å². The highest BCUT2D eigenvalue weighted by Gasteiger charge is 2.07. The number of benzene rings is 1. The van der Waals surface area contributed by atoms with E-state index in [1.807, 2.05) is 18.2 Å². The van der Waals surface area contributed by atoms with E-state index in [0.717, 1.165) is 11.0 Å². The number of rotatable bonds is 0. The summed E-state index contributed by atoms with van der Waals surface area (Å²) in [5.74, 6) is 0.350. The maximum Gasteiger partial charge on any atom is 0.221 e. The average molecular weight is 169 g/mol. The first-order valence-electron chi connectivity index (χ1n) is 4.08. The number of aliphatic imine (C=N–C) groups is 1. The van der Waals surface area contributed by atoms with Crippen LogP contribution in [0.1, 0.15) is 5.56 Å². The summed E-state index contributed by atoms with van der Waals surface area (Å²) in [4.78, 5) is 8.22. The molecule has 1 aliphatic heterocycles. The van der Waals surface area contributed by atoms with Gasteiger partial charge >= 0.3 is 0 Å². The molecule has 2 aliphatic rings. The van der Waals surface area contributed by atoms with Gasteiger partial charge in [-0.3, -0.25) is 0 Å². The fourth-order valence-electron chi connectivity index (χ4n) is 1.60. The van der Waals surface area contributed by atoms with E-state index in [9.17, 15) is 0 Å². The van der Waals surface area contributed by atoms with Gasteiger partial charge in [-0.2, -0.15) is 0 Å². The van der Waals surface area contributed by atoms with Crippen LogP contribution in [0.25, 0.3) is 12.2 Å². The lowest BCUT2D eigenvalue weighted by atomic mass is 10.2. The number of guanidine groups is 1. The molecule has 3 rings (SSSR count). The van der Waals surface area contributed by atoms with E-state index < -0.39 is 0 Å². The third-order valence-corrected chi connectivity index (χ3v) is 2.20. The third-order valence-electron chi connectivity index (χ3n) is 2.20. The molecular weight excluding hydrogens is 162 g/mol. The number of nitrogens with zero attached hydrogens (tertiary/aromatic N) is 2. The topological polar surface area (TPSA) is 50.7 Å². The molecule has 1 aromatic carbocycles. The van der Waals surface area contributed by atoms with E-state index in [4.69, 9.17) is 5.73 Å². The molecule has 0 atom stereocenters. The van der Waals surface area contributed by atoms with Crippen molar-refractivity contribution in [2.45, 2.75) is 0 Å². The molecule has 3 heteroatoms. The van der Waals surface area contributed by atoms with Gasteiger partial charge in [0.2, 0.25) is 5.96 Å². The lowest BCUT2D eigenvalue weighted by Gasteiger charge is -1.92. The second-order valence-corrected chi connectivity index (χ2v) is 3.08. The smallest absolute Gasteiger partial charge is 0.221 e. The molecule has 1 aliphatic carbocycles. The molecule has 1 aromatic rings. The summed E-state index contributed by atoms with van der Waals surface area (Å²) < 4.78 is 0. The minimum absolute atomic E-state index is 0.350. The number of hydrogen-bond donors (Lipinski definition) is 1. The summed E-state index contributed by atoms with van der Waals surface area (Å²) in [6.07, 6.45) is 6.13. The van der Waals surface area contributed by atoms with Gasteiger partial charge in [0, 0.05) is 0 Å². The van der Waals surface area contributed by atoms with Gasteiger partial charge in [0.05, 0.1) is 11.0 Å². The fraction of sp³-hybridized carbons (Fsp3) is 0. The van der Waals surface area contributed by atoms with E-state index in [2.05, 4.69) is 22.1 Å². The van der Waals surface area contributed by atoms with E-state index in [1.165, 1.54) is 10.8 Å². The molecule has 2 N–H and O–H groups in total. The van der Waals surface area contributed by atoms with Gasteiger partial charge < -0.3 is 5.73 Å². The highest BCUT2D eigenvalue weighted by molar-refractivity contribution is 5.85. The molecule has 0 saturated heterocycles. The van der Waals surface area contributed by atoms with Gasteiger partial charge in [0.1, 0.15) is 0 Å². The molecule has 0 saturated carbocycles. The van der Waals surface area contributed by atoms with E-state index in [-0.39, 0.29) is 0 Å². The Morgan fingerprint density at radius 3 is 3.00 bits per heavy atom. The molecule has 0 aromatic heterocycles. The van der Waals surface area contributed by atoms with Crippen LogP contribution in [0.4, 0.5) is 5.69 Å². The van der Waals surface area contributed by atoms with Crippen molar-refractivity contribution >= 4 is 23.8 Å². The molecule has 13 heavy (non-hydrogen) atoms. The summed E-state index contributed by atoms with van der Waals surface area (Å²) in [6.45, 7) is 0. The van der Waals surface area contributed by atoms with Crippen LogP contribution < -0.4 is 16.3 Å². The van der Waals surface area contributed by atoms with Crippen molar-refractivity contribution < 1.29 is 0 Å². The van der Waals surface area contributed by atoms with Crippen molar-refractivity contribution in [1.82, 2.24) is 0 Å². The Hall–Kier alpha value is -1.90. The van der Waals surface area contributed by atoms with Crippen LogP contribution in [0.15, 0.2) is 28.2 Å². The van der Waals surface area contributed by atoms with Gasteiger partial charge in [-0.25, -0.2) is 9.98 Å². The predicted octanol–water partition coefficient (Wildman–Crippen LogP) is 0.0733. The molecule has 0 radical (unpaired) electrons. The summed E-state index contributed by atoms with van der Waals surface area (Å²) >= 11 is 0. The van der Waals surface area contributed by atoms with Crippen molar-refractivity contribution in [2.75, 3.05) is 0 Å². The van der Waals surface area contributed by atoms with Gasteiger partial charge in [0.15, 0.2) is 0 Å². The maximum absolute atomic E-state index is 5.50. The van der Waals surface area contributed by atoms with Gasteiger partial charge in [-0.1, -0.05) is 18.2 Å². The third kappa shape index (κ3) is 0.839. The van der Waals surface area contributed by atoms with Crippen molar-refractivity contribution in [3.05, 3.63) is 34.3 Å². The Balaban J connectivity index is 2.42. The first-order chi connectivity index (χ1) is 6.33. The number of nitrogens with two attached hydrogens (primary N) is 1. The highest BCUT2D eigenvalue weighted by Crippen LogP contribution is 2.10. The second kappa shape index (κ2) is 2.07. The summed E-state index contributed by atoms with van der Waals surface area (Å²) in [7, 11) is 0. The van der Waals surface area contributed by atoms with Crippen LogP contribution in [0, 0.1) is 0 Å². The predicted molar refractivity (Wildman–Crippen MR) is 52.0 cm³/mol. The molecule has 3 nitrogen and oxygen atoms in total. The normalized spacial score (nSPS) is 15.8. The fourth-order valence-corrected chi connectivity index (χ4v) is 1.60. The van der Waals surface area contributed by atoms with Crippen LogP contribution in [0.5, 0.6) is 0 Å². The van der Waals surface area contributed by atoms with Crippen LogP contribution in [0.2, 0.25) is 0 Å². The lowest BCUT2D eigenvalue weighted by Crippen LogP contribution is -2.11. The highest BCUT2D eigenvalue weighted by atomic mass is 15.1. The molecule has 0 amide bonds. The summed E-state index contributed by atoms with van der Waals surface area (Å²) in [5, 5.41) is 2.06. The molecule has 0 bridgehead atoms. The van der Waals surface area contributed by atoms with Crippen molar-refractivity contribution in [2.24, 2.45) is 15.7 Å². The van der Waals surface area contributed by atoms with Crippen molar-refractivity contribution in [1.29, 1.82) is 0 Å². The van der Waals surface area contributed by atoms with E-state index >= 15 is 0 Å². The summed E-state index contributed by atoms with van der Waals surface area (Å²) in [6, 6.07) is 4.02. The van der Waals surface area contributed by atoms with Crippen LogP contribution in [0.3, 0.4) is 0 Å². The Morgan fingerprint density at radius 2 is 2.08 bits per heavy atom. The van der Waals surface area contributed by atoms with Crippen LogP contribution in [-0.2, 0) is 0 Å². The molecule has 0 spiro atoms. The number of fused-ring (bicyclic) bond motifs is 2. The first-order valence-corrected chi connectivity index (χ1v) is 4.08. The SMILES string of the molecule is NC1=Nc2cc3c(cc2=N1)C=CC=3. The van der Waals surface area contributed by atoms with Gasteiger partial charge in [-0.15, -0.1) is 0 Å². The Bertz CT molecular complexity index is 565. The quantitative estimate of drug-likeness (QED) is 0.587. The average Bonchev–Trinajstić information content (AvgIpc) is 2.63. The molecule has 0 unspecified atom stereocenters. The minimum Gasteiger partial charge on any atom is -0.368 e. The number of allylic oxidation sites excluding steroid dienone is 1. The molecule has 62 valence electrons. The molecule has 1 heterocycles. The van der Waals surface area contributed by atoms with Crippen LogP contribution >= 0.6 is 0 Å². The van der Waals surface area contributed by atoms with Crippen molar-refractivity contribution in [3.63, 3.8) is 0 Å². The van der Waals surface area contributed by atoms with E-state index in [1.54, 1.807) is 0 Å². The monoisotopic (exact) mass is 169 g/mol. The molecular formula is C10H7N3. The van der Waals surface area contributed by atoms with E-state index in [0.29, 0.717) is 5.96 Å². The standard InChI is InChI=1S/C10H7N3/c11-10-12-8-4-6-2-1-3-7(6)5-9(8)13-10/h1-5H,(H2,11,12,13). The largest absolute Gasteiger partial charge is 0.368 e. The second-order valence-electron chi connectivity index (χ2n) is 3.08. The first kappa shape index (κ1) is 6.60. The van der Waals surface area contributed by atoms with Crippen LogP contribution in [-0.4, -0.2) is 5.96 Å². The van der Waals surface area contributed by atoms with Crippen molar-refractivity contribution in [3.8, 4) is 0 Å². The maximum atomic E-state index is 5.50. The summed E-state index contributed by atoms with van der Waals surface area (Å²) in [5.41, 5.74) is 7.56. The Kier molecular flexibility index (Phi) is 1.05. The Labute approximate surface area is 74.6 Å². The van der Waals surface area contributed by atoms with Gasteiger partial charge in [-0.05, 0) is 22.9 Å². The minimum atomic E-state index is 0.350. The zero-order valence-corrected chi connectivity index (χ0v) is 6.86.